The molecule has 140 valence electrons. The van der Waals surface area contributed by atoms with Crippen molar-refractivity contribution in [2.75, 3.05) is 12.9 Å². The van der Waals surface area contributed by atoms with E-state index < -0.39 is 0 Å². The summed E-state index contributed by atoms with van der Waals surface area (Å²) >= 11 is 3.05. The highest BCUT2D eigenvalue weighted by molar-refractivity contribution is 7.98. The molecule has 0 saturated carbocycles. The van der Waals surface area contributed by atoms with Gasteiger partial charge in [0.2, 0.25) is 0 Å². The van der Waals surface area contributed by atoms with Crippen molar-refractivity contribution >= 4 is 29.1 Å². The maximum atomic E-state index is 12.5. The van der Waals surface area contributed by atoms with Gasteiger partial charge in [0.05, 0.1) is 24.1 Å². The molecule has 0 aliphatic heterocycles. The number of hydrogen-bond donors (Lipinski definition) is 0. The third kappa shape index (κ3) is 3.26. The van der Waals surface area contributed by atoms with Gasteiger partial charge in [-0.05, 0) is 61.4 Å². The first-order valence-corrected chi connectivity index (χ1v) is 10.8. The van der Waals surface area contributed by atoms with Crippen molar-refractivity contribution in [2.45, 2.75) is 24.7 Å². The van der Waals surface area contributed by atoms with Crippen LogP contribution in [0.2, 0.25) is 0 Å². The number of carbonyl (C=O) groups is 1. The predicted molar refractivity (Wildman–Crippen MR) is 108 cm³/mol. The Hall–Kier alpha value is -2.25. The fourth-order valence-corrected chi connectivity index (χ4v) is 4.88. The lowest BCUT2D eigenvalue weighted by Crippen LogP contribution is -2.10. The molecule has 3 aromatic rings. The number of aryl methyl sites for hydroxylation is 2. The second kappa shape index (κ2) is 7.40. The Morgan fingerprint density at radius 3 is 2.78 bits per heavy atom. The average molecular weight is 401 g/mol. The van der Waals surface area contributed by atoms with Crippen LogP contribution in [0.4, 0.5) is 0 Å². The summed E-state index contributed by atoms with van der Waals surface area (Å²) in [6, 6.07) is 7.97. The zero-order chi connectivity index (χ0) is 19.0. The highest BCUT2D eigenvalue weighted by Crippen LogP contribution is 2.48. The maximum Gasteiger partial charge on any atom is 0.348 e. The van der Waals surface area contributed by atoms with Crippen LogP contribution in [-0.2, 0) is 24.6 Å². The summed E-state index contributed by atoms with van der Waals surface area (Å²) in [4.78, 5) is 14.3. The number of rotatable bonds is 5. The average Bonchev–Trinajstić information content (AvgIpc) is 3.23. The van der Waals surface area contributed by atoms with Crippen LogP contribution in [0, 0.1) is 0 Å². The van der Waals surface area contributed by atoms with E-state index in [0.717, 1.165) is 40.5 Å². The quantitative estimate of drug-likeness (QED) is 0.449. The van der Waals surface area contributed by atoms with E-state index in [-0.39, 0.29) is 5.97 Å². The molecule has 0 atom stereocenters. The molecule has 0 bridgehead atoms. The molecule has 2 heterocycles. The van der Waals surface area contributed by atoms with Crippen LogP contribution in [-0.4, -0.2) is 28.6 Å². The molecule has 0 amide bonds. The first kappa shape index (κ1) is 18.1. The normalized spacial score (nSPS) is 12.4. The SMILES string of the molecule is CCOC(=O)c1sc(Oc2ccc(SC)cc2)c2c1CCc1cnn(C)c1-2. The van der Waals surface area contributed by atoms with Crippen LogP contribution in [0.5, 0.6) is 10.8 Å². The highest BCUT2D eigenvalue weighted by Gasteiger charge is 2.32. The number of aromatic nitrogens is 2. The van der Waals surface area contributed by atoms with E-state index in [1.807, 2.05) is 55.4 Å². The molecule has 1 aliphatic rings. The van der Waals surface area contributed by atoms with E-state index in [2.05, 4.69) is 5.10 Å². The molecular weight excluding hydrogens is 380 g/mol. The summed E-state index contributed by atoms with van der Waals surface area (Å²) in [7, 11) is 1.92. The summed E-state index contributed by atoms with van der Waals surface area (Å²) < 4.78 is 13.4. The van der Waals surface area contributed by atoms with E-state index in [1.165, 1.54) is 21.8 Å². The standard InChI is InChI=1S/C20H20N2O3S2/c1-4-24-19(23)18-15-10-5-12-11-21-22(2)17(12)16(15)20(27-18)25-13-6-8-14(26-3)9-7-13/h6-9,11H,4-5,10H2,1-3H3. The Kier molecular flexibility index (Phi) is 4.97. The molecule has 7 heteroatoms. The Morgan fingerprint density at radius 2 is 2.07 bits per heavy atom. The number of thiophene rings is 1. The number of ether oxygens (including phenoxy) is 2. The van der Waals surface area contributed by atoms with Gasteiger partial charge in [-0.15, -0.1) is 11.8 Å². The van der Waals surface area contributed by atoms with Gasteiger partial charge in [-0.25, -0.2) is 4.79 Å². The monoisotopic (exact) mass is 400 g/mol. The summed E-state index contributed by atoms with van der Waals surface area (Å²) in [6.07, 6.45) is 5.59. The summed E-state index contributed by atoms with van der Waals surface area (Å²) in [5.41, 5.74) is 4.18. The highest BCUT2D eigenvalue weighted by atomic mass is 32.2. The van der Waals surface area contributed by atoms with E-state index in [1.54, 1.807) is 11.8 Å². The summed E-state index contributed by atoms with van der Waals surface area (Å²) in [6.45, 7) is 2.18. The second-order valence-electron chi connectivity index (χ2n) is 6.21. The van der Waals surface area contributed by atoms with E-state index in [4.69, 9.17) is 9.47 Å². The number of benzene rings is 1. The Balaban J connectivity index is 1.81. The first-order chi connectivity index (χ1) is 13.1. The van der Waals surface area contributed by atoms with Gasteiger partial charge < -0.3 is 9.47 Å². The molecule has 0 N–H and O–H groups in total. The topological polar surface area (TPSA) is 53.4 Å². The van der Waals surface area contributed by atoms with Gasteiger partial charge in [-0.3, -0.25) is 4.68 Å². The number of carbonyl (C=O) groups excluding carboxylic acids is 1. The van der Waals surface area contributed by atoms with Gasteiger partial charge in [0.25, 0.3) is 0 Å². The van der Waals surface area contributed by atoms with E-state index in [0.29, 0.717) is 11.5 Å². The minimum Gasteiger partial charge on any atom is -0.462 e. The lowest BCUT2D eigenvalue weighted by atomic mass is 9.91. The predicted octanol–water partition coefficient (Wildman–Crippen LogP) is 4.94. The van der Waals surface area contributed by atoms with Crippen LogP contribution in [0.25, 0.3) is 11.3 Å². The van der Waals surface area contributed by atoms with Crippen molar-refractivity contribution in [2.24, 2.45) is 7.05 Å². The molecule has 0 radical (unpaired) electrons. The van der Waals surface area contributed by atoms with Gasteiger partial charge in [-0.1, -0.05) is 11.3 Å². The fourth-order valence-electron chi connectivity index (χ4n) is 3.35. The Bertz CT molecular complexity index is 990. The molecule has 0 spiro atoms. The Morgan fingerprint density at radius 1 is 1.30 bits per heavy atom. The first-order valence-electron chi connectivity index (χ1n) is 8.78. The van der Waals surface area contributed by atoms with Gasteiger partial charge in [0.15, 0.2) is 5.06 Å². The van der Waals surface area contributed by atoms with Crippen LogP contribution in [0.15, 0.2) is 35.4 Å². The third-order valence-electron chi connectivity index (χ3n) is 4.60. The third-order valence-corrected chi connectivity index (χ3v) is 6.43. The summed E-state index contributed by atoms with van der Waals surface area (Å²) in [5.74, 6) is 0.471. The molecule has 27 heavy (non-hydrogen) atoms. The fraction of sp³-hybridized carbons (Fsp3) is 0.300. The van der Waals surface area contributed by atoms with Crippen molar-refractivity contribution < 1.29 is 14.3 Å². The lowest BCUT2D eigenvalue weighted by molar-refractivity contribution is 0.0531. The van der Waals surface area contributed by atoms with Crippen molar-refractivity contribution in [1.29, 1.82) is 0 Å². The molecular formula is C20H20N2O3S2. The second-order valence-corrected chi connectivity index (χ2v) is 8.08. The molecule has 5 nitrogen and oxygen atoms in total. The molecule has 1 aromatic carbocycles. The number of nitrogens with zero attached hydrogens (tertiary/aromatic N) is 2. The van der Waals surface area contributed by atoms with Crippen molar-refractivity contribution in [3.8, 4) is 22.1 Å². The zero-order valence-corrected chi connectivity index (χ0v) is 17.1. The molecule has 2 aromatic heterocycles. The number of fused-ring (bicyclic) bond motifs is 3. The van der Waals surface area contributed by atoms with Crippen LogP contribution in [0.1, 0.15) is 27.7 Å². The van der Waals surface area contributed by atoms with Crippen LogP contribution in [0.3, 0.4) is 0 Å². The maximum absolute atomic E-state index is 12.5. The smallest absolute Gasteiger partial charge is 0.348 e. The Labute approximate surface area is 166 Å². The van der Waals surface area contributed by atoms with Gasteiger partial charge >= 0.3 is 5.97 Å². The number of thioether (sulfide) groups is 1. The largest absolute Gasteiger partial charge is 0.462 e. The van der Waals surface area contributed by atoms with Crippen molar-refractivity contribution in [1.82, 2.24) is 9.78 Å². The van der Waals surface area contributed by atoms with Crippen molar-refractivity contribution in [3.63, 3.8) is 0 Å². The molecule has 0 fully saturated rings. The minimum atomic E-state index is -0.281. The molecule has 0 saturated heterocycles. The molecule has 0 unspecified atom stereocenters. The number of hydrogen-bond acceptors (Lipinski definition) is 6. The van der Waals surface area contributed by atoms with Gasteiger partial charge in [0.1, 0.15) is 10.6 Å². The minimum absolute atomic E-state index is 0.281. The summed E-state index contributed by atoms with van der Waals surface area (Å²) in [5, 5.41) is 5.12. The lowest BCUT2D eigenvalue weighted by Gasteiger charge is -2.16. The zero-order valence-electron chi connectivity index (χ0n) is 15.4. The van der Waals surface area contributed by atoms with Crippen LogP contribution < -0.4 is 4.74 Å². The van der Waals surface area contributed by atoms with E-state index in [9.17, 15) is 4.79 Å². The molecule has 1 aliphatic carbocycles. The molecule has 4 rings (SSSR count). The number of esters is 1. The van der Waals surface area contributed by atoms with Gasteiger partial charge in [-0.2, -0.15) is 5.10 Å². The van der Waals surface area contributed by atoms with Crippen molar-refractivity contribution in [3.05, 3.63) is 46.5 Å². The van der Waals surface area contributed by atoms with Gasteiger partial charge in [0, 0.05) is 11.9 Å². The van der Waals surface area contributed by atoms with E-state index >= 15 is 0 Å². The van der Waals surface area contributed by atoms with Crippen LogP contribution >= 0.6 is 23.1 Å².